The average Bonchev–Trinajstić information content (AvgIpc) is 2.48. The molecule has 1 aromatic heterocycles. The highest BCUT2D eigenvalue weighted by atomic mass is 16.3. The predicted molar refractivity (Wildman–Crippen MR) is 82.2 cm³/mol. The molecule has 0 saturated heterocycles. The lowest BCUT2D eigenvalue weighted by molar-refractivity contribution is 0.123. The third-order valence-electron chi connectivity index (χ3n) is 3.34. The maximum atomic E-state index is 9.76. The molecule has 3 nitrogen and oxygen atoms in total. The standard InChI is InChI=1S/C17H22N2O/c1-13(2)17(20)12-18-11-14-6-5-7-15(10-14)16-8-3-4-9-19-16/h3-10,13,17-18,20H,11-12H2,1-2H3. The first-order valence-electron chi connectivity index (χ1n) is 7.06. The molecule has 2 aromatic rings. The molecule has 0 saturated carbocycles. The van der Waals surface area contributed by atoms with E-state index in [0.29, 0.717) is 6.54 Å². The maximum Gasteiger partial charge on any atom is 0.0702 e. The van der Waals surface area contributed by atoms with Gasteiger partial charge in [0.2, 0.25) is 0 Å². The molecule has 0 aliphatic carbocycles. The van der Waals surface area contributed by atoms with Crippen LogP contribution in [-0.4, -0.2) is 22.7 Å². The van der Waals surface area contributed by atoms with Gasteiger partial charge in [-0.25, -0.2) is 0 Å². The average molecular weight is 270 g/mol. The third-order valence-corrected chi connectivity index (χ3v) is 3.34. The van der Waals surface area contributed by atoms with E-state index in [1.165, 1.54) is 5.56 Å². The minimum atomic E-state index is -0.297. The van der Waals surface area contributed by atoms with Gasteiger partial charge in [0, 0.05) is 24.8 Å². The van der Waals surface area contributed by atoms with Gasteiger partial charge in [0.15, 0.2) is 0 Å². The van der Waals surface area contributed by atoms with Crippen molar-refractivity contribution in [1.82, 2.24) is 10.3 Å². The number of aliphatic hydroxyl groups excluding tert-OH is 1. The molecule has 0 aliphatic rings. The number of aliphatic hydroxyl groups is 1. The zero-order valence-electron chi connectivity index (χ0n) is 12.1. The van der Waals surface area contributed by atoms with E-state index in [2.05, 4.69) is 28.5 Å². The van der Waals surface area contributed by atoms with Crippen molar-refractivity contribution in [3.05, 3.63) is 54.2 Å². The van der Waals surface area contributed by atoms with Crippen LogP contribution in [0.2, 0.25) is 0 Å². The van der Waals surface area contributed by atoms with E-state index in [1.807, 2.05) is 38.1 Å². The molecule has 0 radical (unpaired) electrons. The number of hydrogen-bond donors (Lipinski definition) is 2. The molecule has 2 rings (SSSR count). The number of nitrogens with zero attached hydrogens (tertiary/aromatic N) is 1. The minimum absolute atomic E-state index is 0.280. The highest BCUT2D eigenvalue weighted by Crippen LogP contribution is 2.17. The molecule has 20 heavy (non-hydrogen) atoms. The van der Waals surface area contributed by atoms with E-state index in [4.69, 9.17) is 0 Å². The van der Waals surface area contributed by atoms with Gasteiger partial charge in [0.05, 0.1) is 11.8 Å². The summed E-state index contributed by atoms with van der Waals surface area (Å²) >= 11 is 0. The number of pyridine rings is 1. The Kier molecular flexibility index (Phi) is 5.27. The summed E-state index contributed by atoms with van der Waals surface area (Å²) in [7, 11) is 0. The fourth-order valence-electron chi connectivity index (χ4n) is 1.97. The number of nitrogens with one attached hydrogen (secondary N) is 1. The van der Waals surface area contributed by atoms with E-state index in [0.717, 1.165) is 17.8 Å². The van der Waals surface area contributed by atoms with Crippen LogP contribution in [0.25, 0.3) is 11.3 Å². The van der Waals surface area contributed by atoms with Crippen LogP contribution in [0.15, 0.2) is 48.7 Å². The summed E-state index contributed by atoms with van der Waals surface area (Å²) in [6.07, 6.45) is 1.51. The van der Waals surface area contributed by atoms with Gasteiger partial charge in [-0.1, -0.05) is 38.1 Å². The summed E-state index contributed by atoms with van der Waals surface area (Å²) in [6, 6.07) is 14.2. The Morgan fingerprint density at radius 2 is 2.00 bits per heavy atom. The second kappa shape index (κ2) is 7.17. The lowest BCUT2D eigenvalue weighted by atomic mass is 10.1. The molecule has 0 fully saturated rings. The molecular formula is C17H22N2O. The molecule has 0 amide bonds. The highest BCUT2D eigenvalue weighted by molar-refractivity contribution is 5.59. The van der Waals surface area contributed by atoms with Crippen LogP contribution in [0.3, 0.4) is 0 Å². The van der Waals surface area contributed by atoms with Gasteiger partial charge >= 0.3 is 0 Å². The van der Waals surface area contributed by atoms with Crippen LogP contribution in [0.4, 0.5) is 0 Å². The highest BCUT2D eigenvalue weighted by Gasteiger charge is 2.08. The van der Waals surface area contributed by atoms with Crippen molar-refractivity contribution < 1.29 is 5.11 Å². The number of hydrogen-bond acceptors (Lipinski definition) is 3. The minimum Gasteiger partial charge on any atom is -0.392 e. The fraction of sp³-hybridized carbons (Fsp3) is 0.353. The molecule has 0 spiro atoms. The molecular weight excluding hydrogens is 248 g/mol. The van der Waals surface area contributed by atoms with Crippen molar-refractivity contribution >= 4 is 0 Å². The Morgan fingerprint density at radius 1 is 1.15 bits per heavy atom. The van der Waals surface area contributed by atoms with Gasteiger partial charge in [-0.3, -0.25) is 4.98 Å². The van der Waals surface area contributed by atoms with E-state index in [9.17, 15) is 5.11 Å². The Morgan fingerprint density at radius 3 is 2.70 bits per heavy atom. The van der Waals surface area contributed by atoms with Gasteiger partial charge in [0.1, 0.15) is 0 Å². The third kappa shape index (κ3) is 4.15. The van der Waals surface area contributed by atoms with Crippen molar-refractivity contribution in [3.63, 3.8) is 0 Å². The SMILES string of the molecule is CC(C)C(O)CNCc1cccc(-c2ccccn2)c1. The van der Waals surface area contributed by atoms with E-state index >= 15 is 0 Å². The Bertz CT molecular complexity index is 526. The quantitative estimate of drug-likeness (QED) is 0.848. The molecule has 2 N–H and O–H groups in total. The van der Waals surface area contributed by atoms with Gasteiger partial charge in [0.25, 0.3) is 0 Å². The molecule has 1 aromatic carbocycles. The summed E-state index contributed by atoms with van der Waals surface area (Å²) in [5.41, 5.74) is 3.30. The van der Waals surface area contributed by atoms with Crippen LogP contribution in [0.1, 0.15) is 19.4 Å². The van der Waals surface area contributed by atoms with Crippen molar-refractivity contribution in [2.45, 2.75) is 26.5 Å². The fourth-order valence-corrected chi connectivity index (χ4v) is 1.97. The molecule has 1 atom stereocenters. The van der Waals surface area contributed by atoms with Crippen molar-refractivity contribution in [2.75, 3.05) is 6.54 Å². The molecule has 0 aliphatic heterocycles. The molecule has 3 heteroatoms. The monoisotopic (exact) mass is 270 g/mol. The number of benzene rings is 1. The summed E-state index contributed by atoms with van der Waals surface area (Å²) < 4.78 is 0. The first kappa shape index (κ1) is 14.7. The molecule has 106 valence electrons. The Labute approximate surface area is 120 Å². The van der Waals surface area contributed by atoms with Crippen LogP contribution >= 0.6 is 0 Å². The van der Waals surface area contributed by atoms with E-state index in [1.54, 1.807) is 6.20 Å². The summed E-state index contributed by atoms with van der Waals surface area (Å²) in [5, 5.41) is 13.1. The van der Waals surface area contributed by atoms with E-state index in [-0.39, 0.29) is 12.0 Å². The zero-order valence-corrected chi connectivity index (χ0v) is 12.1. The molecule has 0 bridgehead atoms. The molecule has 1 unspecified atom stereocenters. The largest absolute Gasteiger partial charge is 0.392 e. The molecule has 1 heterocycles. The van der Waals surface area contributed by atoms with Crippen LogP contribution < -0.4 is 5.32 Å². The van der Waals surface area contributed by atoms with Gasteiger partial charge in [-0.05, 0) is 29.7 Å². The lowest BCUT2D eigenvalue weighted by Crippen LogP contribution is -2.30. The second-order valence-corrected chi connectivity index (χ2v) is 5.36. The van der Waals surface area contributed by atoms with Gasteiger partial charge < -0.3 is 10.4 Å². The van der Waals surface area contributed by atoms with Gasteiger partial charge in [-0.15, -0.1) is 0 Å². The Hall–Kier alpha value is -1.71. The predicted octanol–water partition coefficient (Wildman–Crippen LogP) is 2.86. The van der Waals surface area contributed by atoms with Crippen molar-refractivity contribution in [3.8, 4) is 11.3 Å². The summed E-state index contributed by atoms with van der Waals surface area (Å²) in [5.74, 6) is 0.280. The zero-order chi connectivity index (χ0) is 14.4. The lowest BCUT2D eigenvalue weighted by Gasteiger charge is -2.15. The summed E-state index contributed by atoms with van der Waals surface area (Å²) in [6.45, 7) is 5.41. The summed E-state index contributed by atoms with van der Waals surface area (Å²) in [4.78, 5) is 4.36. The maximum absolute atomic E-state index is 9.76. The topological polar surface area (TPSA) is 45.1 Å². The van der Waals surface area contributed by atoms with Crippen LogP contribution in [0.5, 0.6) is 0 Å². The van der Waals surface area contributed by atoms with Crippen molar-refractivity contribution in [2.24, 2.45) is 5.92 Å². The van der Waals surface area contributed by atoms with Gasteiger partial charge in [-0.2, -0.15) is 0 Å². The van der Waals surface area contributed by atoms with E-state index < -0.39 is 0 Å². The van der Waals surface area contributed by atoms with Crippen LogP contribution in [-0.2, 0) is 6.54 Å². The number of rotatable bonds is 6. The first-order valence-corrected chi connectivity index (χ1v) is 7.06. The normalized spacial score (nSPS) is 12.6. The Balaban J connectivity index is 1.97. The smallest absolute Gasteiger partial charge is 0.0702 e. The number of aromatic nitrogens is 1. The van der Waals surface area contributed by atoms with Crippen molar-refractivity contribution in [1.29, 1.82) is 0 Å². The first-order chi connectivity index (χ1) is 9.66. The van der Waals surface area contributed by atoms with Crippen LogP contribution in [0, 0.1) is 5.92 Å². The second-order valence-electron chi connectivity index (χ2n) is 5.36.